The second-order valence-electron chi connectivity index (χ2n) is 4.18. The zero-order chi connectivity index (χ0) is 13.1. The maximum Gasteiger partial charge on any atom is 0.309 e. The highest BCUT2D eigenvalue weighted by molar-refractivity contribution is 9.10. The number of rotatable bonds is 5. The van der Waals surface area contributed by atoms with Gasteiger partial charge in [0.05, 0.1) is 9.89 Å². The highest BCUT2D eigenvalue weighted by Gasteiger charge is 2.35. The summed E-state index contributed by atoms with van der Waals surface area (Å²) in [5.74, 6) is -1.17. The van der Waals surface area contributed by atoms with Crippen LogP contribution in [-0.4, -0.2) is 11.1 Å². The molecule has 0 bridgehead atoms. The van der Waals surface area contributed by atoms with E-state index in [2.05, 4.69) is 15.9 Å². The summed E-state index contributed by atoms with van der Waals surface area (Å²) < 4.78 is 13.7. The molecule has 0 aromatic heterocycles. The summed E-state index contributed by atoms with van der Waals surface area (Å²) in [6.07, 6.45) is 1.40. The highest BCUT2D eigenvalue weighted by Crippen LogP contribution is 2.34. The maximum atomic E-state index is 13.4. The minimum Gasteiger partial charge on any atom is -0.481 e. The van der Waals surface area contributed by atoms with Gasteiger partial charge in [-0.25, -0.2) is 4.39 Å². The molecule has 94 valence electrons. The smallest absolute Gasteiger partial charge is 0.309 e. The zero-order valence-corrected chi connectivity index (χ0v) is 11.6. The first kappa shape index (κ1) is 14.2. The van der Waals surface area contributed by atoms with Crippen LogP contribution in [0.1, 0.15) is 32.3 Å². The highest BCUT2D eigenvalue weighted by atomic mass is 79.9. The molecule has 0 spiro atoms. The summed E-state index contributed by atoms with van der Waals surface area (Å²) in [5.41, 5.74) is -0.104. The molecule has 1 aromatic carbocycles. The quantitative estimate of drug-likeness (QED) is 0.892. The Morgan fingerprint density at radius 3 is 2.47 bits per heavy atom. The Balaban J connectivity index is 3.10. The van der Waals surface area contributed by atoms with Crippen molar-refractivity contribution in [3.05, 3.63) is 34.1 Å². The van der Waals surface area contributed by atoms with Gasteiger partial charge in [-0.05, 0) is 46.8 Å². The van der Waals surface area contributed by atoms with Gasteiger partial charge in [-0.15, -0.1) is 0 Å². The third-order valence-corrected chi connectivity index (χ3v) is 4.26. The van der Waals surface area contributed by atoms with Gasteiger partial charge in [0.1, 0.15) is 5.82 Å². The van der Waals surface area contributed by atoms with E-state index in [1.807, 2.05) is 13.8 Å². The van der Waals surface area contributed by atoms with Crippen LogP contribution < -0.4 is 0 Å². The van der Waals surface area contributed by atoms with Crippen molar-refractivity contribution < 1.29 is 14.3 Å². The number of hydrogen-bond acceptors (Lipinski definition) is 1. The molecule has 1 rings (SSSR count). The Labute approximate surface area is 109 Å². The van der Waals surface area contributed by atoms with Gasteiger partial charge < -0.3 is 5.11 Å². The molecular formula is C13H16BrFO2. The van der Waals surface area contributed by atoms with Crippen molar-refractivity contribution in [1.82, 2.24) is 0 Å². The Morgan fingerprint density at radius 1 is 1.41 bits per heavy atom. The Hall–Kier alpha value is -0.900. The van der Waals surface area contributed by atoms with Crippen molar-refractivity contribution in [3.63, 3.8) is 0 Å². The Morgan fingerprint density at radius 2 is 2.00 bits per heavy atom. The molecule has 1 aromatic rings. The average molecular weight is 303 g/mol. The minimum atomic E-state index is -0.821. The lowest BCUT2D eigenvalue weighted by Crippen LogP contribution is -2.32. The predicted molar refractivity (Wildman–Crippen MR) is 68.5 cm³/mol. The molecule has 0 aliphatic carbocycles. The van der Waals surface area contributed by atoms with Crippen molar-refractivity contribution in [2.45, 2.75) is 33.1 Å². The maximum absolute atomic E-state index is 13.4. The third-order valence-electron chi connectivity index (χ3n) is 3.37. The normalized spacial score (nSPS) is 11.5. The summed E-state index contributed by atoms with van der Waals surface area (Å²) in [5, 5.41) is 9.34. The molecule has 0 atom stereocenters. The van der Waals surface area contributed by atoms with Crippen LogP contribution in [-0.2, 0) is 11.2 Å². The number of hydrogen-bond donors (Lipinski definition) is 1. The number of carboxylic acids is 1. The Bertz CT molecular complexity index is 414. The third kappa shape index (κ3) is 2.86. The van der Waals surface area contributed by atoms with Gasteiger partial charge in [-0.2, -0.15) is 0 Å². The number of benzene rings is 1. The molecule has 0 heterocycles. The first-order chi connectivity index (χ1) is 7.96. The fourth-order valence-corrected chi connectivity index (χ4v) is 2.33. The summed E-state index contributed by atoms with van der Waals surface area (Å²) in [6, 6.07) is 4.72. The molecule has 1 N–H and O–H groups in total. The zero-order valence-electron chi connectivity index (χ0n) is 9.96. The molecule has 0 fully saturated rings. The summed E-state index contributed by atoms with van der Waals surface area (Å²) in [6.45, 7) is 3.70. The van der Waals surface area contributed by atoms with E-state index < -0.39 is 11.4 Å². The molecule has 2 nitrogen and oxygen atoms in total. The summed E-state index contributed by atoms with van der Waals surface area (Å²) in [4.78, 5) is 11.4. The van der Waals surface area contributed by atoms with Crippen molar-refractivity contribution in [2.75, 3.05) is 0 Å². The predicted octanol–water partition coefficient (Wildman–Crippen LogP) is 4.02. The van der Waals surface area contributed by atoms with Gasteiger partial charge in [0.2, 0.25) is 0 Å². The van der Waals surface area contributed by atoms with E-state index in [-0.39, 0.29) is 5.82 Å². The van der Waals surface area contributed by atoms with E-state index in [4.69, 9.17) is 0 Å². The molecule has 0 aliphatic heterocycles. The fraction of sp³-hybridized carbons (Fsp3) is 0.462. The van der Waals surface area contributed by atoms with Gasteiger partial charge in [-0.3, -0.25) is 4.79 Å². The monoisotopic (exact) mass is 302 g/mol. The first-order valence-electron chi connectivity index (χ1n) is 5.63. The van der Waals surface area contributed by atoms with Gasteiger partial charge in [0, 0.05) is 0 Å². The molecule has 0 radical (unpaired) electrons. The van der Waals surface area contributed by atoms with Crippen LogP contribution >= 0.6 is 15.9 Å². The fourth-order valence-electron chi connectivity index (χ4n) is 1.93. The molecule has 17 heavy (non-hydrogen) atoms. The van der Waals surface area contributed by atoms with Crippen LogP contribution in [0.4, 0.5) is 4.39 Å². The van der Waals surface area contributed by atoms with E-state index >= 15 is 0 Å². The largest absolute Gasteiger partial charge is 0.481 e. The van der Waals surface area contributed by atoms with Crippen molar-refractivity contribution in [1.29, 1.82) is 0 Å². The lowest BCUT2D eigenvalue weighted by molar-refractivity contribution is -0.149. The molecule has 0 saturated heterocycles. The van der Waals surface area contributed by atoms with Crippen LogP contribution in [0.15, 0.2) is 22.7 Å². The number of aliphatic carboxylic acids is 1. The average Bonchev–Trinajstić information content (AvgIpc) is 2.31. The van der Waals surface area contributed by atoms with Crippen LogP contribution in [0.2, 0.25) is 0 Å². The van der Waals surface area contributed by atoms with Gasteiger partial charge in [-0.1, -0.05) is 26.0 Å². The van der Waals surface area contributed by atoms with Gasteiger partial charge in [0.25, 0.3) is 0 Å². The summed E-state index contributed by atoms with van der Waals surface area (Å²) in [7, 11) is 0. The topological polar surface area (TPSA) is 37.3 Å². The van der Waals surface area contributed by atoms with Crippen LogP contribution in [0.25, 0.3) is 0 Å². The SMILES string of the molecule is CCC(CC)(Cc1cccc(F)c1Br)C(=O)O. The van der Waals surface area contributed by atoms with E-state index in [0.29, 0.717) is 29.3 Å². The molecule has 0 amide bonds. The van der Waals surface area contributed by atoms with Crippen LogP contribution in [0, 0.1) is 11.2 Å². The molecular weight excluding hydrogens is 287 g/mol. The molecule has 0 unspecified atom stereocenters. The summed E-state index contributed by atoms with van der Waals surface area (Å²) >= 11 is 3.17. The first-order valence-corrected chi connectivity index (χ1v) is 6.42. The van der Waals surface area contributed by atoms with Crippen molar-refractivity contribution in [2.24, 2.45) is 5.41 Å². The molecule has 0 saturated carbocycles. The lowest BCUT2D eigenvalue weighted by Gasteiger charge is -2.27. The van der Waals surface area contributed by atoms with E-state index in [0.717, 1.165) is 0 Å². The standard InChI is InChI=1S/C13H16BrFO2/c1-3-13(4-2,12(16)17)8-9-6-5-7-10(15)11(9)14/h5-7H,3-4,8H2,1-2H3,(H,16,17). The van der Waals surface area contributed by atoms with Crippen LogP contribution in [0.5, 0.6) is 0 Å². The minimum absolute atomic E-state index is 0.341. The Kier molecular flexibility index (Phi) is 4.69. The van der Waals surface area contributed by atoms with Gasteiger partial charge in [0.15, 0.2) is 0 Å². The lowest BCUT2D eigenvalue weighted by atomic mass is 9.77. The van der Waals surface area contributed by atoms with E-state index in [1.165, 1.54) is 6.07 Å². The number of carbonyl (C=O) groups is 1. The van der Waals surface area contributed by atoms with Gasteiger partial charge >= 0.3 is 5.97 Å². The van der Waals surface area contributed by atoms with E-state index in [9.17, 15) is 14.3 Å². The van der Waals surface area contributed by atoms with E-state index in [1.54, 1.807) is 12.1 Å². The van der Waals surface area contributed by atoms with Crippen molar-refractivity contribution in [3.8, 4) is 0 Å². The second kappa shape index (κ2) is 5.63. The van der Waals surface area contributed by atoms with Crippen molar-refractivity contribution >= 4 is 21.9 Å². The number of halogens is 2. The molecule has 4 heteroatoms. The van der Waals surface area contributed by atoms with Crippen LogP contribution in [0.3, 0.4) is 0 Å². The number of carboxylic acid groups (broad SMARTS) is 1. The second-order valence-corrected chi connectivity index (χ2v) is 4.98. The molecule has 0 aliphatic rings.